The highest BCUT2D eigenvalue weighted by Crippen LogP contribution is 2.15. The molecular weight excluding hydrogens is 268 g/mol. The van der Waals surface area contributed by atoms with Crippen molar-refractivity contribution in [1.82, 2.24) is 4.90 Å². The van der Waals surface area contributed by atoms with Gasteiger partial charge in [0.25, 0.3) is 0 Å². The molecule has 0 radical (unpaired) electrons. The third kappa shape index (κ3) is 5.63. The van der Waals surface area contributed by atoms with Crippen LogP contribution in [0.5, 0.6) is 0 Å². The van der Waals surface area contributed by atoms with E-state index in [1.165, 1.54) is 5.69 Å². The van der Waals surface area contributed by atoms with Gasteiger partial charge in [-0.25, -0.2) is 0 Å². The van der Waals surface area contributed by atoms with Crippen LogP contribution < -0.4 is 4.90 Å². The number of rotatable bonds is 8. The highest BCUT2D eigenvalue weighted by Gasteiger charge is 2.19. The molecule has 1 aliphatic rings. The zero-order valence-electron chi connectivity index (χ0n) is 12.8. The van der Waals surface area contributed by atoms with Gasteiger partial charge in [0.15, 0.2) is 0 Å². The fourth-order valence-corrected chi connectivity index (χ4v) is 2.54. The fraction of sp³-hybridized carbons (Fsp3) is 0.625. The number of para-hydroxylation sites is 1. The van der Waals surface area contributed by atoms with Crippen LogP contribution in [0.2, 0.25) is 0 Å². The number of benzene rings is 1. The van der Waals surface area contributed by atoms with Crippen LogP contribution in [0.4, 0.5) is 5.69 Å². The van der Waals surface area contributed by atoms with Gasteiger partial charge in [-0.15, -0.1) is 0 Å². The maximum absolute atomic E-state index is 9.96. The Balaban J connectivity index is 1.65. The first kappa shape index (κ1) is 16.2. The van der Waals surface area contributed by atoms with Crippen LogP contribution >= 0.6 is 0 Å². The van der Waals surface area contributed by atoms with Crippen molar-refractivity contribution >= 4 is 5.69 Å². The Morgan fingerprint density at radius 1 is 1.10 bits per heavy atom. The van der Waals surface area contributed by atoms with E-state index in [0.717, 1.165) is 26.2 Å². The third-order valence-electron chi connectivity index (χ3n) is 3.70. The van der Waals surface area contributed by atoms with E-state index in [0.29, 0.717) is 26.4 Å². The Morgan fingerprint density at radius 2 is 1.81 bits per heavy atom. The monoisotopic (exact) mass is 294 g/mol. The molecule has 1 aromatic carbocycles. The van der Waals surface area contributed by atoms with E-state index in [4.69, 9.17) is 9.47 Å². The Hall–Kier alpha value is -1.14. The predicted octanol–water partition coefficient (Wildman–Crippen LogP) is 0.833. The highest BCUT2D eigenvalue weighted by molar-refractivity contribution is 5.46. The average molecular weight is 294 g/mol. The second-order valence-electron chi connectivity index (χ2n) is 5.34. The van der Waals surface area contributed by atoms with E-state index >= 15 is 0 Å². The van der Waals surface area contributed by atoms with E-state index in [2.05, 4.69) is 34.1 Å². The van der Waals surface area contributed by atoms with Gasteiger partial charge in [0.05, 0.1) is 25.9 Å². The second-order valence-corrected chi connectivity index (χ2v) is 5.34. The summed E-state index contributed by atoms with van der Waals surface area (Å²) in [7, 11) is 1.64. The Kier molecular flexibility index (Phi) is 6.95. The minimum absolute atomic E-state index is 0.377. The maximum Gasteiger partial charge on any atom is 0.0900 e. The van der Waals surface area contributed by atoms with Gasteiger partial charge in [-0.05, 0) is 12.1 Å². The average Bonchev–Trinajstić information content (AvgIpc) is 2.53. The van der Waals surface area contributed by atoms with Gasteiger partial charge in [-0.3, -0.25) is 4.90 Å². The molecule has 2 rings (SSSR count). The van der Waals surface area contributed by atoms with Crippen molar-refractivity contribution in [2.45, 2.75) is 6.10 Å². The number of piperazine rings is 1. The molecule has 21 heavy (non-hydrogen) atoms. The highest BCUT2D eigenvalue weighted by atomic mass is 16.5. The number of hydrogen-bond acceptors (Lipinski definition) is 5. The van der Waals surface area contributed by atoms with Gasteiger partial charge in [0.2, 0.25) is 0 Å². The SMILES string of the molecule is COCCOC[C@H](O)CN1CCN(c2ccccc2)CC1. The van der Waals surface area contributed by atoms with Gasteiger partial charge >= 0.3 is 0 Å². The van der Waals surface area contributed by atoms with Crippen LogP contribution in [0.15, 0.2) is 30.3 Å². The van der Waals surface area contributed by atoms with Crippen molar-refractivity contribution in [3.8, 4) is 0 Å². The first-order chi connectivity index (χ1) is 10.3. The lowest BCUT2D eigenvalue weighted by atomic mass is 10.2. The van der Waals surface area contributed by atoms with Gasteiger partial charge in [0, 0.05) is 45.5 Å². The first-order valence-corrected chi connectivity index (χ1v) is 7.56. The molecule has 0 spiro atoms. The molecule has 0 amide bonds. The summed E-state index contributed by atoms with van der Waals surface area (Å²) in [5.74, 6) is 0. The molecule has 5 nitrogen and oxygen atoms in total. The van der Waals surface area contributed by atoms with Crippen LogP contribution in [0.25, 0.3) is 0 Å². The van der Waals surface area contributed by atoms with Gasteiger partial charge < -0.3 is 19.5 Å². The summed E-state index contributed by atoms with van der Waals surface area (Å²) in [4.78, 5) is 4.68. The molecule has 1 fully saturated rings. The molecule has 1 aromatic rings. The smallest absolute Gasteiger partial charge is 0.0900 e. The lowest BCUT2D eigenvalue weighted by Gasteiger charge is -2.36. The number of β-amino-alcohol motifs (C(OH)–C–C–N with tert-alkyl or cyclic N) is 1. The maximum atomic E-state index is 9.96. The molecule has 0 aliphatic carbocycles. The summed E-state index contributed by atoms with van der Waals surface area (Å²) in [6, 6.07) is 10.5. The van der Waals surface area contributed by atoms with Crippen LogP contribution in [-0.2, 0) is 9.47 Å². The lowest BCUT2D eigenvalue weighted by molar-refractivity contribution is -0.00108. The van der Waals surface area contributed by atoms with Crippen LogP contribution in [0.3, 0.4) is 0 Å². The summed E-state index contributed by atoms with van der Waals surface area (Å²) in [5.41, 5.74) is 1.28. The van der Waals surface area contributed by atoms with Crippen molar-refractivity contribution in [1.29, 1.82) is 0 Å². The largest absolute Gasteiger partial charge is 0.389 e. The van der Waals surface area contributed by atoms with E-state index in [-0.39, 0.29) is 0 Å². The molecule has 1 saturated heterocycles. The topological polar surface area (TPSA) is 45.2 Å². The molecule has 1 atom stereocenters. The van der Waals surface area contributed by atoms with Crippen molar-refractivity contribution in [3.05, 3.63) is 30.3 Å². The molecule has 5 heteroatoms. The van der Waals surface area contributed by atoms with E-state index < -0.39 is 6.10 Å². The Bertz CT molecular complexity index is 380. The van der Waals surface area contributed by atoms with Crippen molar-refractivity contribution < 1.29 is 14.6 Å². The zero-order valence-corrected chi connectivity index (χ0v) is 12.8. The number of ether oxygens (including phenoxy) is 2. The normalized spacial score (nSPS) is 17.9. The first-order valence-electron chi connectivity index (χ1n) is 7.56. The van der Waals surface area contributed by atoms with Gasteiger partial charge in [-0.1, -0.05) is 18.2 Å². The Labute approximate surface area is 127 Å². The summed E-state index contributed by atoms with van der Waals surface area (Å²) in [6.07, 6.45) is -0.426. The van der Waals surface area contributed by atoms with Gasteiger partial charge in [0.1, 0.15) is 0 Å². The molecule has 1 N–H and O–H groups in total. The molecule has 0 aromatic heterocycles. The number of nitrogens with zero attached hydrogens (tertiary/aromatic N) is 2. The molecule has 0 unspecified atom stereocenters. The van der Waals surface area contributed by atoms with Crippen molar-refractivity contribution in [2.75, 3.05) is 64.6 Å². The molecule has 1 aliphatic heterocycles. The number of aliphatic hydroxyl groups excluding tert-OH is 1. The van der Waals surface area contributed by atoms with E-state index in [1.54, 1.807) is 7.11 Å². The van der Waals surface area contributed by atoms with Gasteiger partial charge in [-0.2, -0.15) is 0 Å². The predicted molar refractivity (Wildman–Crippen MR) is 83.8 cm³/mol. The number of anilines is 1. The van der Waals surface area contributed by atoms with E-state index in [1.807, 2.05) is 6.07 Å². The summed E-state index contributed by atoms with van der Waals surface area (Å²) in [6.45, 7) is 6.12. The van der Waals surface area contributed by atoms with Crippen LogP contribution in [0.1, 0.15) is 0 Å². The summed E-state index contributed by atoms with van der Waals surface area (Å²) < 4.78 is 10.3. The number of methoxy groups -OCH3 is 1. The number of hydrogen-bond donors (Lipinski definition) is 1. The fourth-order valence-electron chi connectivity index (χ4n) is 2.54. The standard InChI is InChI=1S/C16H26N2O3/c1-20-11-12-21-14-16(19)13-17-7-9-18(10-8-17)15-5-3-2-4-6-15/h2-6,16,19H,7-14H2,1H3/t16-/m1/s1. The van der Waals surface area contributed by atoms with Crippen molar-refractivity contribution in [3.63, 3.8) is 0 Å². The molecule has 0 saturated carbocycles. The minimum atomic E-state index is -0.426. The quantitative estimate of drug-likeness (QED) is 0.720. The second kappa shape index (κ2) is 9.00. The minimum Gasteiger partial charge on any atom is -0.389 e. The van der Waals surface area contributed by atoms with Crippen LogP contribution in [-0.4, -0.2) is 75.8 Å². The molecule has 118 valence electrons. The molecular formula is C16H26N2O3. The zero-order chi connectivity index (χ0) is 14.9. The van der Waals surface area contributed by atoms with E-state index in [9.17, 15) is 5.11 Å². The van der Waals surface area contributed by atoms with Crippen LogP contribution in [0, 0.1) is 0 Å². The van der Waals surface area contributed by atoms with Crippen molar-refractivity contribution in [2.24, 2.45) is 0 Å². The number of aliphatic hydroxyl groups is 1. The Morgan fingerprint density at radius 3 is 2.48 bits per heavy atom. The lowest BCUT2D eigenvalue weighted by Crippen LogP contribution is -2.49. The summed E-state index contributed by atoms with van der Waals surface area (Å²) in [5, 5.41) is 9.96. The molecule has 1 heterocycles. The summed E-state index contributed by atoms with van der Waals surface area (Å²) >= 11 is 0. The molecule has 0 bridgehead atoms. The third-order valence-corrected chi connectivity index (χ3v) is 3.70.